The molecule has 0 saturated heterocycles. The van der Waals surface area contributed by atoms with Gasteiger partial charge in [-0.3, -0.25) is 4.79 Å². The number of hydrogen-bond donors (Lipinski definition) is 2. The Bertz CT molecular complexity index is 604. The fraction of sp³-hybridized carbons (Fsp3) is 0.333. The quantitative estimate of drug-likeness (QED) is 0.892. The molecule has 0 aliphatic carbocycles. The van der Waals surface area contributed by atoms with Crippen LogP contribution in [0.25, 0.3) is 11.3 Å². The molecule has 5 nitrogen and oxygen atoms in total. The lowest BCUT2D eigenvalue weighted by molar-refractivity contribution is 0.0942. The number of nitrogens with one attached hydrogen (secondary N) is 1. The minimum atomic E-state index is -0.469. The first kappa shape index (κ1) is 20.4. The standard InChI is InChI=1S/C15H19N3O2.2ClH/c1-10-4-6-11(7-5-10)13-12(18-9-20-13)14(19)17-8-15(2,3)16;;/h4-7,9H,8,16H2,1-3H3,(H,17,19);2*1H. The van der Waals surface area contributed by atoms with Gasteiger partial charge in [-0.1, -0.05) is 29.8 Å². The first-order valence-corrected chi connectivity index (χ1v) is 6.44. The smallest absolute Gasteiger partial charge is 0.273 e. The Kier molecular flexibility index (Phi) is 7.59. The van der Waals surface area contributed by atoms with Crippen molar-refractivity contribution in [3.8, 4) is 11.3 Å². The van der Waals surface area contributed by atoms with E-state index in [0.717, 1.165) is 11.1 Å². The number of nitrogens with zero attached hydrogens (tertiary/aromatic N) is 1. The molecule has 7 heteroatoms. The summed E-state index contributed by atoms with van der Waals surface area (Å²) in [7, 11) is 0. The second-order valence-corrected chi connectivity index (χ2v) is 5.57. The summed E-state index contributed by atoms with van der Waals surface area (Å²) in [5.74, 6) is 0.185. The highest BCUT2D eigenvalue weighted by Gasteiger charge is 2.20. The summed E-state index contributed by atoms with van der Waals surface area (Å²) >= 11 is 0. The van der Waals surface area contributed by atoms with Crippen molar-refractivity contribution in [3.05, 3.63) is 41.9 Å². The number of hydrogen-bond acceptors (Lipinski definition) is 4. The van der Waals surface area contributed by atoms with E-state index >= 15 is 0 Å². The predicted octanol–water partition coefficient (Wildman–Crippen LogP) is 2.96. The molecule has 0 spiro atoms. The van der Waals surface area contributed by atoms with Gasteiger partial charge < -0.3 is 15.5 Å². The van der Waals surface area contributed by atoms with Gasteiger partial charge in [0.2, 0.25) is 0 Å². The van der Waals surface area contributed by atoms with Crippen LogP contribution in [0.5, 0.6) is 0 Å². The minimum Gasteiger partial charge on any atom is -0.443 e. The highest BCUT2D eigenvalue weighted by atomic mass is 35.5. The van der Waals surface area contributed by atoms with E-state index in [-0.39, 0.29) is 36.4 Å². The molecule has 1 heterocycles. The van der Waals surface area contributed by atoms with Gasteiger partial charge in [0.1, 0.15) is 0 Å². The highest BCUT2D eigenvalue weighted by molar-refractivity contribution is 5.97. The van der Waals surface area contributed by atoms with Gasteiger partial charge in [-0.2, -0.15) is 0 Å². The molecule has 1 amide bonds. The number of carbonyl (C=O) groups excluding carboxylic acids is 1. The number of amides is 1. The maximum absolute atomic E-state index is 12.1. The van der Waals surface area contributed by atoms with E-state index < -0.39 is 5.54 Å². The molecule has 0 saturated carbocycles. The first-order valence-electron chi connectivity index (χ1n) is 6.44. The van der Waals surface area contributed by atoms with Crippen LogP contribution in [0, 0.1) is 6.92 Å². The van der Waals surface area contributed by atoms with Crippen molar-refractivity contribution >= 4 is 30.7 Å². The molecule has 0 aliphatic rings. The molecule has 0 unspecified atom stereocenters. The molecular weight excluding hydrogens is 325 g/mol. The monoisotopic (exact) mass is 345 g/mol. The van der Waals surface area contributed by atoms with Gasteiger partial charge in [-0.25, -0.2) is 4.98 Å². The molecule has 122 valence electrons. The molecule has 3 N–H and O–H groups in total. The van der Waals surface area contributed by atoms with E-state index in [2.05, 4.69) is 10.3 Å². The zero-order valence-corrected chi connectivity index (χ0v) is 14.4. The van der Waals surface area contributed by atoms with Gasteiger partial charge in [0.25, 0.3) is 5.91 Å². The zero-order chi connectivity index (χ0) is 14.8. The summed E-state index contributed by atoms with van der Waals surface area (Å²) < 4.78 is 5.34. The van der Waals surface area contributed by atoms with Gasteiger partial charge in [-0.05, 0) is 20.8 Å². The number of benzene rings is 1. The van der Waals surface area contributed by atoms with Crippen LogP contribution in [0.3, 0.4) is 0 Å². The van der Waals surface area contributed by atoms with Crippen LogP contribution >= 0.6 is 24.8 Å². The number of halogens is 2. The van der Waals surface area contributed by atoms with Crippen LogP contribution in [-0.2, 0) is 0 Å². The van der Waals surface area contributed by atoms with E-state index in [1.807, 2.05) is 45.0 Å². The third-order valence-electron chi connectivity index (χ3n) is 2.80. The SMILES string of the molecule is Cc1ccc(-c2ocnc2C(=O)NCC(C)(C)N)cc1.Cl.Cl. The largest absolute Gasteiger partial charge is 0.443 e. The number of aryl methyl sites for hydroxylation is 1. The number of nitrogens with two attached hydrogens (primary N) is 1. The van der Waals surface area contributed by atoms with Crippen molar-refractivity contribution < 1.29 is 9.21 Å². The Morgan fingerprint density at radius 3 is 2.41 bits per heavy atom. The molecule has 1 aromatic heterocycles. The molecule has 0 bridgehead atoms. The Balaban J connectivity index is 0.00000220. The maximum atomic E-state index is 12.1. The van der Waals surface area contributed by atoms with E-state index in [9.17, 15) is 4.79 Å². The summed E-state index contributed by atoms with van der Waals surface area (Å²) in [5, 5.41) is 2.76. The van der Waals surface area contributed by atoms with Gasteiger partial charge in [0.05, 0.1) is 0 Å². The molecular formula is C15H21Cl2N3O2. The third-order valence-corrected chi connectivity index (χ3v) is 2.80. The zero-order valence-electron chi connectivity index (χ0n) is 12.8. The molecule has 0 atom stereocenters. The molecule has 2 aromatic rings. The Morgan fingerprint density at radius 1 is 1.27 bits per heavy atom. The van der Waals surface area contributed by atoms with E-state index in [1.54, 1.807) is 0 Å². The highest BCUT2D eigenvalue weighted by Crippen LogP contribution is 2.23. The van der Waals surface area contributed by atoms with Crippen molar-refractivity contribution in [1.29, 1.82) is 0 Å². The fourth-order valence-electron chi connectivity index (χ4n) is 1.71. The summed E-state index contributed by atoms with van der Waals surface area (Å²) in [5.41, 5.74) is 7.62. The minimum absolute atomic E-state index is 0. The Hall–Kier alpha value is -1.56. The van der Waals surface area contributed by atoms with E-state index in [1.165, 1.54) is 6.39 Å². The fourth-order valence-corrected chi connectivity index (χ4v) is 1.71. The number of aromatic nitrogens is 1. The average molecular weight is 346 g/mol. The second kappa shape index (κ2) is 8.17. The summed E-state index contributed by atoms with van der Waals surface area (Å²) in [6.45, 7) is 6.06. The third kappa shape index (κ3) is 5.33. The Morgan fingerprint density at radius 2 is 1.86 bits per heavy atom. The van der Waals surface area contributed by atoms with E-state index in [0.29, 0.717) is 12.3 Å². The van der Waals surface area contributed by atoms with Crippen LogP contribution in [-0.4, -0.2) is 23.0 Å². The van der Waals surface area contributed by atoms with Crippen LogP contribution in [0.4, 0.5) is 0 Å². The van der Waals surface area contributed by atoms with E-state index in [4.69, 9.17) is 10.2 Å². The molecule has 0 aliphatic heterocycles. The topological polar surface area (TPSA) is 81.2 Å². The van der Waals surface area contributed by atoms with Crippen LogP contribution in [0.2, 0.25) is 0 Å². The van der Waals surface area contributed by atoms with Crippen molar-refractivity contribution in [2.75, 3.05) is 6.54 Å². The van der Waals surface area contributed by atoms with Crippen LogP contribution in [0.1, 0.15) is 29.9 Å². The molecule has 0 fully saturated rings. The van der Waals surface area contributed by atoms with Crippen LogP contribution in [0.15, 0.2) is 35.1 Å². The molecule has 1 aromatic carbocycles. The number of carbonyl (C=O) groups is 1. The number of rotatable bonds is 4. The lowest BCUT2D eigenvalue weighted by Crippen LogP contribution is -2.45. The Labute approximate surface area is 142 Å². The van der Waals surface area contributed by atoms with Crippen molar-refractivity contribution in [3.63, 3.8) is 0 Å². The van der Waals surface area contributed by atoms with Crippen molar-refractivity contribution in [2.45, 2.75) is 26.3 Å². The van der Waals surface area contributed by atoms with Gasteiger partial charge in [0, 0.05) is 17.6 Å². The predicted molar refractivity (Wildman–Crippen MR) is 91.8 cm³/mol. The maximum Gasteiger partial charge on any atom is 0.273 e. The molecule has 2 rings (SSSR count). The molecule has 0 radical (unpaired) electrons. The summed E-state index contributed by atoms with van der Waals surface area (Å²) in [6, 6.07) is 7.73. The molecule has 22 heavy (non-hydrogen) atoms. The van der Waals surface area contributed by atoms with Gasteiger partial charge in [-0.15, -0.1) is 24.8 Å². The normalized spacial score (nSPS) is 10.4. The lowest BCUT2D eigenvalue weighted by atomic mass is 10.1. The first-order chi connectivity index (χ1) is 9.37. The lowest BCUT2D eigenvalue weighted by Gasteiger charge is -2.18. The second-order valence-electron chi connectivity index (χ2n) is 5.57. The van der Waals surface area contributed by atoms with Gasteiger partial charge >= 0.3 is 0 Å². The number of oxazole rings is 1. The summed E-state index contributed by atoms with van der Waals surface area (Å²) in [4.78, 5) is 16.1. The van der Waals surface area contributed by atoms with Gasteiger partial charge in [0.15, 0.2) is 17.8 Å². The summed E-state index contributed by atoms with van der Waals surface area (Å²) in [6.07, 6.45) is 1.28. The van der Waals surface area contributed by atoms with Crippen molar-refractivity contribution in [1.82, 2.24) is 10.3 Å². The van der Waals surface area contributed by atoms with Crippen LogP contribution < -0.4 is 11.1 Å². The average Bonchev–Trinajstić information content (AvgIpc) is 2.85. The van der Waals surface area contributed by atoms with Crippen molar-refractivity contribution in [2.24, 2.45) is 5.73 Å².